The van der Waals surface area contributed by atoms with E-state index in [1.165, 1.54) is 18.2 Å². The first-order chi connectivity index (χ1) is 17.0. The predicted molar refractivity (Wildman–Crippen MR) is 132 cm³/mol. The average Bonchev–Trinajstić information content (AvgIpc) is 3.46. The highest BCUT2D eigenvalue weighted by molar-refractivity contribution is 6.00. The summed E-state index contributed by atoms with van der Waals surface area (Å²) >= 11 is 0. The number of amides is 1. The van der Waals surface area contributed by atoms with Crippen molar-refractivity contribution in [3.8, 4) is 11.4 Å². The van der Waals surface area contributed by atoms with Crippen LogP contribution in [-0.4, -0.2) is 56.6 Å². The van der Waals surface area contributed by atoms with Gasteiger partial charge in [-0.1, -0.05) is 12.6 Å². The van der Waals surface area contributed by atoms with Gasteiger partial charge in [0.2, 0.25) is 11.9 Å². The number of fused-ring (bicyclic) bond motifs is 1. The molecule has 3 heterocycles. The van der Waals surface area contributed by atoms with Gasteiger partial charge in [0.25, 0.3) is 0 Å². The number of hydrogen-bond acceptors (Lipinski definition) is 7. The second-order valence-electron chi connectivity index (χ2n) is 8.32. The Balaban J connectivity index is 1.43. The van der Waals surface area contributed by atoms with Gasteiger partial charge in [-0.2, -0.15) is 4.98 Å². The number of anilines is 3. The Hall–Kier alpha value is -4.31. The minimum Gasteiger partial charge on any atom is -0.487 e. The lowest BCUT2D eigenvalue weighted by Gasteiger charge is -2.18. The summed E-state index contributed by atoms with van der Waals surface area (Å²) in [6, 6.07) is 11.6. The molecule has 0 aliphatic carbocycles. The molecule has 1 amide bonds. The first-order valence-electron chi connectivity index (χ1n) is 11.1. The zero-order valence-corrected chi connectivity index (χ0v) is 19.1. The molecule has 1 fully saturated rings. The van der Waals surface area contributed by atoms with E-state index in [2.05, 4.69) is 37.1 Å². The van der Waals surface area contributed by atoms with Crippen molar-refractivity contribution in [3.63, 3.8) is 0 Å². The van der Waals surface area contributed by atoms with E-state index in [1.54, 1.807) is 41.4 Å². The first kappa shape index (κ1) is 22.5. The van der Waals surface area contributed by atoms with Gasteiger partial charge in [0.05, 0.1) is 17.6 Å². The zero-order chi connectivity index (χ0) is 24.4. The SMILES string of the molecule is C=CC(=O)Nc1cc(Nc2ncc3ncn(-c4cccc(F)c4)c3n2)ccc1OC1CCN(C)C1. The maximum Gasteiger partial charge on any atom is 0.247 e. The summed E-state index contributed by atoms with van der Waals surface area (Å²) in [5.41, 5.74) is 2.87. The minimum absolute atomic E-state index is 0.0482. The van der Waals surface area contributed by atoms with Gasteiger partial charge in [0, 0.05) is 18.8 Å². The normalized spacial score (nSPS) is 15.8. The molecule has 10 heteroatoms. The summed E-state index contributed by atoms with van der Waals surface area (Å²) in [7, 11) is 2.05. The quantitative estimate of drug-likeness (QED) is 0.393. The monoisotopic (exact) mass is 473 g/mol. The summed E-state index contributed by atoms with van der Waals surface area (Å²) < 4.78 is 21.6. The molecule has 0 bridgehead atoms. The van der Waals surface area contributed by atoms with Crippen molar-refractivity contribution >= 4 is 34.4 Å². The standard InChI is InChI=1S/C25H24FN7O2/c1-3-23(34)30-20-12-17(7-8-22(20)35-19-9-10-32(2)14-19)29-25-27-13-21-24(31-25)33(15-28-21)18-6-4-5-16(26)11-18/h3-8,11-13,15,19H,1,9-10,14H2,2H3,(H,30,34)(H,27,29,31). The van der Waals surface area contributed by atoms with Gasteiger partial charge < -0.3 is 20.3 Å². The van der Waals surface area contributed by atoms with E-state index in [0.29, 0.717) is 39.9 Å². The average molecular weight is 474 g/mol. The molecule has 5 rings (SSSR count). The molecule has 2 N–H and O–H groups in total. The lowest BCUT2D eigenvalue weighted by Crippen LogP contribution is -2.22. The van der Waals surface area contributed by atoms with Gasteiger partial charge in [-0.05, 0) is 55.9 Å². The smallest absolute Gasteiger partial charge is 0.247 e. The molecule has 0 radical (unpaired) electrons. The number of ether oxygens (including phenoxy) is 1. The van der Waals surface area contributed by atoms with Crippen molar-refractivity contribution in [2.75, 3.05) is 30.8 Å². The number of imidazole rings is 1. The molecule has 1 unspecified atom stereocenters. The summed E-state index contributed by atoms with van der Waals surface area (Å²) in [5, 5.41) is 5.96. The fourth-order valence-electron chi connectivity index (χ4n) is 3.98. The highest BCUT2D eigenvalue weighted by Gasteiger charge is 2.22. The molecule has 1 saturated heterocycles. The first-order valence-corrected chi connectivity index (χ1v) is 11.1. The maximum atomic E-state index is 13.7. The molecule has 1 atom stereocenters. The molecule has 0 saturated carbocycles. The Bertz CT molecular complexity index is 1400. The minimum atomic E-state index is -0.350. The molecule has 4 aromatic rings. The number of halogens is 1. The van der Waals surface area contributed by atoms with Crippen LogP contribution in [0.4, 0.5) is 21.7 Å². The van der Waals surface area contributed by atoms with Crippen LogP contribution in [0.25, 0.3) is 16.9 Å². The number of nitrogens with zero attached hydrogens (tertiary/aromatic N) is 5. The molecule has 178 valence electrons. The highest BCUT2D eigenvalue weighted by atomic mass is 19.1. The molecule has 1 aliphatic rings. The summed E-state index contributed by atoms with van der Waals surface area (Å²) in [6.07, 6.45) is 5.34. The number of hydrogen-bond donors (Lipinski definition) is 2. The third-order valence-corrected chi connectivity index (χ3v) is 5.70. The van der Waals surface area contributed by atoms with Crippen molar-refractivity contribution in [1.82, 2.24) is 24.4 Å². The Morgan fingerprint density at radius 2 is 2.14 bits per heavy atom. The van der Waals surface area contributed by atoms with Crippen molar-refractivity contribution in [1.29, 1.82) is 0 Å². The molecule has 2 aromatic heterocycles. The molecule has 35 heavy (non-hydrogen) atoms. The van der Waals surface area contributed by atoms with Gasteiger partial charge in [-0.3, -0.25) is 9.36 Å². The predicted octanol–water partition coefficient (Wildman–Crippen LogP) is 3.91. The van der Waals surface area contributed by atoms with Crippen molar-refractivity contribution in [3.05, 3.63) is 73.5 Å². The Kier molecular flexibility index (Phi) is 6.11. The van der Waals surface area contributed by atoms with Crippen LogP contribution >= 0.6 is 0 Å². The van der Waals surface area contributed by atoms with Crippen LogP contribution in [-0.2, 0) is 4.79 Å². The van der Waals surface area contributed by atoms with Gasteiger partial charge in [-0.15, -0.1) is 0 Å². The van der Waals surface area contributed by atoms with E-state index >= 15 is 0 Å². The fraction of sp³-hybridized carbons (Fsp3) is 0.200. The molecule has 2 aromatic carbocycles. The lowest BCUT2D eigenvalue weighted by molar-refractivity contribution is -0.111. The second kappa shape index (κ2) is 9.51. The number of likely N-dealkylation sites (tertiary alicyclic amines) is 1. The van der Waals surface area contributed by atoms with Crippen LogP contribution in [0.15, 0.2) is 67.6 Å². The maximum absolute atomic E-state index is 13.7. The van der Waals surface area contributed by atoms with E-state index in [-0.39, 0.29) is 17.8 Å². The molecule has 9 nitrogen and oxygen atoms in total. The number of carbonyl (C=O) groups is 1. The summed E-state index contributed by atoms with van der Waals surface area (Å²) in [4.78, 5) is 27.4. The van der Waals surface area contributed by atoms with Gasteiger partial charge in [-0.25, -0.2) is 14.4 Å². The van der Waals surface area contributed by atoms with E-state index in [4.69, 9.17) is 4.74 Å². The van der Waals surface area contributed by atoms with Crippen molar-refractivity contribution in [2.24, 2.45) is 0 Å². The third kappa shape index (κ3) is 4.97. The van der Waals surface area contributed by atoms with Crippen LogP contribution in [0.3, 0.4) is 0 Å². The summed E-state index contributed by atoms with van der Waals surface area (Å²) in [5.74, 6) is 0.207. The number of nitrogens with one attached hydrogen (secondary N) is 2. The van der Waals surface area contributed by atoms with Gasteiger partial charge in [0.1, 0.15) is 29.5 Å². The van der Waals surface area contributed by atoms with Crippen LogP contribution in [0.5, 0.6) is 5.75 Å². The molecule has 1 aliphatic heterocycles. The number of carbonyl (C=O) groups excluding carboxylic acids is 1. The fourth-order valence-corrected chi connectivity index (χ4v) is 3.98. The number of benzene rings is 2. The summed E-state index contributed by atoms with van der Waals surface area (Å²) in [6.45, 7) is 5.31. The van der Waals surface area contributed by atoms with E-state index < -0.39 is 0 Å². The molecular weight excluding hydrogens is 449 g/mol. The third-order valence-electron chi connectivity index (χ3n) is 5.70. The van der Waals surface area contributed by atoms with Crippen molar-refractivity contribution < 1.29 is 13.9 Å². The largest absolute Gasteiger partial charge is 0.487 e. The zero-order valence-electron chi connectivity index (χ0n) is 19.1. The Morgan fingerprint density at radius 1 is 1.26 bits per heavy atom. The van der Waals surface area contributed by atoms with Crippen LogP contribution in [0, 0.1) is 5.82 Å². The Labute approximate surface area is 201 Å². The topological polar surface area (TPSA) is 97.2 Å². The molecule has 0 spiro atoms. The molecular formula is C25H24FN7O2. The van der Waals surface area contributed by atoms with E-state index in [1.807, 2.05) is 13.1 Å². The lowest BCUT2D eigenvalue weighted by atomic mass is 10.2. The van der Waals surface area contributed by atoms with Gasteiger partial charge in [0.15, 0.2) is 5.65 Å². The van der Waals surface area contributed by atoms with Crippen LogP contribution in [0.2, 0.25) is 0 Å². The highest BCUT2D eigenvalue weighted by Crippen LogP contribution is 2.31. The van der Waals surface area contributed by atoms with Crippen molar-refractivity contribution in [2.45, 2.75) is 12.5 Å². The van der Waals surface area contributed by atoms with Crippen LogP contribution < -0.4 is 15.4 Å². The van der Waals surface area contributed by atoms with Crippen LogP contribution in [0.1, 0.15) is 6.42 Å². The number of likely N-dealkylation sites (N-methyl/N-ethyl adjacent to an activating group) is 1. The number of aromatic nitrogens is 4. The van der Waals surface area contributed by atoms with Gasteiger partial charge >= 0.3 is 0 Å². The Morgan fingerprint density at radius 3 is 2.91 bits per heavy atom. The number of rotatable bonds is 7. The van der Waals surface area contributed by atoms with E-state index in [9.17, 15) is 9.18 Å². The second-order valence-corrected chi connectivity index (χ2v) is 8.32. The van der Waals surface area contributed by atoms with E-state index in [0.717, 1.165) is 19.5 Å².